The van der Waals surface area contributed by atoms with Gasteiger partial charge in [-0.15, -0.1) is 0 Å². The quantitative estimate of drug-likeness (QED) is 0.0219. The lowest BCUT2D eigenvalue weighted by atomic mass is 10.1. The van der Waals surface area contributed by atoms with Crippen LogP contribution in [0.5, 0.6) is 0 Å². The number of hydrogen-bond donors (Lipinski definition) is 0. The van der Waals surface area contributed by atoms with Crippen molar-refractivity contribution in [3.8, 4) is 0 Å². The first-order valence-electron chi connectivity index (χ1n) is 20.0. The van der Waals surface area contributed by atoms with Crippen molar-refractivity contribution in [1.29, 1.82) is 0 Å². The highest BCUT2D eigenvalue weighted by Gasteiger charge is 2.19. The minimum absolute atomic E-state index is 0.113. The Bertz CT molecular complexity index is 986. The maximum atomic E-state index is 12.6. The molecule has 0 aliphatic carbocycles. The van der Waals surface area contributed by atoms with Gasteiger partial charge in [-0.1, -0.05) is 171 Å². The molecule has 0 spiro atoms. The number of carbonyl (C=O) groups excluding carboxylic acids is 3. The molecular weight excluding hydrogens is 624 g/mol. The zero-order chi connectivity index (χ0) is 36.6. The molecule has 0 aromatic carbocycles. The van der Waals surface area contributed by atoms with E-state index in [0.717, 1.165) is 44.9 Å². The molecule has 6 heteroatoms. The van der Waals surface area contributed by atoms with Crippen LogP contribution in [-0.4, -0.2) is 37.2 Å². The van der Waals surface area contributed by atoms with Gasteiger partial charge in [0.05, 0.1) is 0 Å². The highest BCUT2D eigenvalue weighted by atomic mass is 16.6. The van der Waals surface area contributed by atoms with Gasteiger partial charge in [-0.05, 0) is 51.4 Å². The average Bonchev–Trinajstić information content (AvgIpc) is 3.11. The molecule has 0 N–H and O–H groups in total. The summed E-state index contributed by atoms with van der Waals surface area (Å²) in [5.74, 6) is -1.03. The van der Waals surface area contributed by atoms with Crippen molar-refractivity contribution >= 4 is 17.9 Å². The van der Waals surface area contributed by atoms with E-state index < -0.39 is 6.10 Å². The molecule has 0 fully saturated rings. The highest BCUT2D eigenvalue weighted by molar-refractivity contribution is 5.71. The molecule has 0 aromatic rings. The van der Waals surface area contributed by atoms with E-state index in [0.29, 0.717) is 25.7 Å². The Labute approximate surface area is 306 Å². The SMILES string of the molecule is CC\C=C/C=C\C=C/C=C\C=C/CCCC(=O)OCC(COC(=O)CCC/C=C\CCCCCC)OC(=O)CCCCCCCCCCCC. The van der Waals surface area contributed by atoms with Gasteiger partial charge < -0.3 is 14.2 Å². The van der Waals surface area contributed by atoms with Crippen LogP contribution < -0.4 is 0 Å². The van der Waals surface area contributed by atoms with E-state index >= 15 is 0 Å². The Balaban J connectivity index is 4.54. The molecule has 0 amide bonds. The molecule has 1 atom stereocenters. The fraction of sp³-hybridized carbons (Fsp3) is 0.659. The van der Waals surface area contributed by atoms with Gasteiger partial charge in [-0.2, -0.15) is 0 Å². The molecule has 0 aliphatic heterocycles. The summed E-state index contributed by atoms with van der Waals surface area (Å²) < 4.78 is 16.5. The monoisotopic (exact) mass is 697 g/mol. The lowest BCUT2D eigenvalue weighted by molar-refractivity contribution is -0.167. The second-order valence-corrected chi connectivity index (χ2v) is 12.9. The molecule has 0 aliphatic rings. The lowest BCUT2D eigenvalue weighted by Gasteiger charge is -2.18. The van der Waals surface area contributed by atoms with E-state index in [2.05, 4.69) is 39.0 Å². The first-order valence-corrected chi connectivity index (χ1v) is 20.0. The molecule has 284 valence electrons. The maximum Gasteiger partial charge on any atom is 0.306 e. The van der Waals surface area contributed by atoms with Gasteiger partial charge in [0.25, 0.3) is 0 Å². The van der Waals surface area contributed by atoms with Crippen LogP contribution in [0, 0.1) is 0 Å². The zero-order valence-corrected chi connectivity index (χ0v) is 32.1. The van der Waals surface area contributed by atoms with Crippen molar-refractivity contribution in [2.45, 2.75) is 175 Å². The van der Waals surface area contributed by atoms with Gasteiger partial charge in [0.15, 0.2) is 6.10 Å². The molecule has 0 saturated heterocycles. The van der Waals surface area contributed by atoms with Crippen LogP contribution in [0.25, 0.3) is 0 Å². The highest BCUT2D eigenvalue weighted by Crippen LogP contribution is 2.13. The van der Waals surface area contributed by atoms with Crippen LogP contribution in [0.15, 0.2) is 72.9 Å². The molecule has 0 heterocycles. The van der Waals surface area contributed by atoms with Gasteiger partial charge in [0.1, 0.15) is 13.2 Å². The number of esters is 3. The predicted molar refractivity (Wildman–Crippen MR) is 210 cm³/mol. The number of rotatable bonds is 34. The third-order valence-electron chi connectivity index (χ3n) is 8.07. The topological polar surface area (TPSA) is 78.9 Å². The molecule has 1 unspecified atom stereocenters. The van der Waals surface area contributed by atoms with E-state index in [4.69, 9.17) is 14.2 Å². The van der Waals surface area contributed by atoms with Crippen molar-refractivity contribution in [3.63, 3.8) is 0 Å². The summed E-state index contributed by atoms with van der Waals surface area (Å²) in [5, 5.41) is 0. The van der Waals surface area contributed by atoms with E-state index in [-0.39, 0.29) is 37.5 Å². The summed E-state index contributed by atoms with van der Waals surface area (Å²) in [4.78, 5) is 37.4. The third-order valence-corrected chi connectivity index (χ3v) is 8.07. The maximum absolute atomic E-state index is 12.6. The normalized spacial score (nSPS) is 12.8. The molecule has 0 aromatic heterocycles. The molecule has 50 heavy (non-hydrogen) atoms. The van der Waals surface area contributed by atoms with Crippen LogP contribution in [-0.2, 0) is 28.6 Å². The summed E-state index contributed by atoms with van der Waals surface area (Å²) in [5.41, 5.74) is 0. The van der Waals surface area contributed by atoms with Crippen LogP contribution in [0.3, 0.4) is 0 Å². The van der Waals surface area contributed by atoms with Crippen LogP contribution >= 0.6 is 0 Å². The Morgan fingerprint density at radius 2 is 0.820 bits per heavy atom. The predicted octanol–water partition coefficient (Wildman–Crippen LogP) is 12.4. The first-order chi connectivity index (χ1) is 24.5. The van der Waals surface area contributed by atoms with Crippen LogP contribution in [0.1, 0.15) is 168 Å². The molecule has 0 bridgehead atoms. The standard InChI is InChI=1S/C44H72O6/c1-4-7-10-13-16-19-21-22-23-26-28-31-34-37-43(46)49-40-41(39-48-42(45)36-33-30-27-24-18-15-12-9-6-3)50-44(47)38-35-32-29-25-20-17-14-11-8-5-2/h7,10,13,16,19,21-24,26-28,41H,4-6,8-9,11-12,14-15,17-18,20,25,29-40H2,1-3H3/b10-7-,16-13-,21-19-,23-22-,27-24-,28-26-. The lowest BCUT2D eigenvalue weighted by Crippen LogP contribution is -2.30. The Hall–Kier alpha value is -3.15. The summed E-state index contributed by atoms with van der Waals surface area (Å²) in [6, 6.07) is 0. The number of unbranched alkanes of at least 4 members (excludes halogenated alkanes) is 15. The number of hydrogen-bond acceptors (Lipinski definition) is 6. The molecule has 0 rings (SSSR count). The zero-order valence-electron chi connectivity index (χ0n) is 32.1. The summed E-state index contributed by atoms with van der Waals surface area (Å²) in [6.07, 6.45) is 46.2. The Morgan fingerprint density at radius 1 is 0.420 bits per heavy atom. The summed E-state index contributed by atoms with van der Waals surface area (Å²) >= 11 is 0. The summed E-state index contributed by atoms with van der Waals surface area (Å²) in [7, 11) is 0. The third kappa shape index (κ3) is 36.1. The second kappa shape index (κ2) is 38.6. The second-order valence-electron chi connectivity index (χ2n) is 12.9. The first kappa shape index (κ1) is 46.9. The molecule has 6 nitrogen and oxygen atoms in total. The van der Waals surface area contributed by atoms with Crippen molar-refractivity contribution in [1.82, 2.24) is 0 Å². The van der Waals surface area contributed by atoms with E-state index in [1.807, 2.05) is 54.7 Å². The Kier molecular flexibility index (Phi) is 36.2. The van der Waals surface area contributed by atoms with Crippen molar-refractivity contribution in [3.05, 3.63) is 72.9 Å². The van der Waals surface area contributed by atoms with Gasteiger partial charge in [-0.25, -0.2) is 0 Å². The number of carbonyl (C=O) groups is 3. The molecule has 0 saturated carbocycles. The minimum atomic E-state index is -0.808. The van der Waals surface area contributed by atoms with E-state index in [1.165, 1.54) is 70.6 Å². The Morgan fingerprint density at radius 3 is 1.34 bits per heavy atom. The average molecular weight is 697 g/mol. The molecular formula is C44H72O6. The minimum Gasteiger partial charge on any atom is -0.462 e. The van der Waals surface area contributed by atoms with Gasteiger partial charge >= 0.3 is 17.9 Å². The van der Waals surface area contributed by atoms with Crippen molar-refractivity contribution in [2.24, 2.45) is 0 Å². The van der Waals surface area contributed by atoms with Gasteiger partial charge in [0.2, 0.25) is 0 Å². The van der Waals surface area contributed by atoms with Gasteiger partial charge in [0, 0.05) is 19.3 Å². The fourth-order valence-electron chi connectivity index (χ4n) is 5.06. The van der Waals surface area contributed by atoms with Crippen molar-refractivity contribution in [2.75, 3.05) is 13.2 Å². The van der Waals surface area contributed by atoms with Crippen LogP contribution in [0.2, 0.25) is 0 Å². The number of allylic oxidation sites excluding steroid dienone is 12. The van der Waals surface area contributed by atoms with E-state index in [1.54, 1.807) is 0 Å². The largest absolute Gasteiger partial charge is 0.462 e. The number of ether oxygens (including phenoxy) is 3. The van der Waals surface area contributed by atoms with Crippen molar-refractivity contribution < 1.29 is 28.6 Å². The fourth-order valence-corrected chi connectivity index (χ4v) is 5.06. The molecule has 0 radical (unpaired) electrons. The van der Waals surface area contributed by atoms with Crippen LogP contribution in [0.4, 0.5) is 0 Å². The smallest absolute Gasteiger partial charge is 0.306 e. The van der Waals surface area contributed by atoms with E-state index in [9.17, 15) is 14.4 Å². The summed E-state index contributed by atoms with van der Waals surface area (Å²) in [6.45, 7) is 6.31. The van der Waals surface area contributed by atoms with Gasteiger partial charge in [-0.3, -0.25) is 14.4 Å².